The van der Waals surface area contributed by atoms with Crippen molar-refractivity contribution in [2.24, 2.45) is 11.8 Å². The van der Waals surface area contributed by atoms with E-state index < -0.39 is 0 Å². The van der Waals surface area contributed by atoms with Gasteiger partial charge in [0.25, 0.3) is 11.5 Å². The van der Waals surface area contributed by atoms with E-state index in [1.54, 1.807) is 12.1 Å². The number of rotatable bonds is 5. The number of benzene rings is 1. The fourth-order valence-electron chi connectivity index (χ4n) is 3.29. The molecule has 26 heavy (non-hydrogen) atoms. The molecule has 0 aliphatic carbocycles. The second kappa shape index (κ2) is 9.14. The van der Waals surface area contributed by atoms with Gasteiger partial charge in [0.15, 0.2) is 5.69 Å². The maximum absolute atomic E-state index is 12.7. The molecule has 1 fully saturated rings. The minimum atomic E-state index is -0.209. The minimum Gasteiger partial charge on any atom is -0.350 e. The van der Waals surface area contributed by atoms with Crippen LogP contribution in [0.5, 0.6) is 0 Å². The number of carbonyl (C=O) groups excluding carboxylic acids is 1. The van der Waals surface area contributed by atoms with Gasteiger partial charge in [0.1, 0.15) is 0 Å². The molecule has 1 aromatic heterocycles. The number of amides is 1. The monoisotopic (exact) mass is 378 g/mol. The number of nitrogens with zero attached hydrogens (tertiary/aromatic N) is 2. The van der Waals surface area contributed by atoms with Gasteiger partial charge in [-0.05, 0) is 43.8 Å². The molecule has 142 valence electrons. The Morgan fingerprint density at radius 2 is 2.08 bits per heavy atom. The molecule has 6 nitrogen and oxygen atoms in total. The van der Waals surface area contributed by atoms with E-state index in [9.17, 15) is 9.59 Å². The van der Waals surface area contributed by atoms with E-state index in [0.29, 0.717) is 35.5 Å². The van der Waals surface area contributed by atoms with Crippen LogP contribution in [0.1, 0.15) is 37.2 Å². The van der Waals surface area contributed by atoms with Gasteiger partial charge in [0, 0.05) is 18.5 Å². The summed E-state index contributed by atoms with van der Waals surface area (Å²) in [6.45, 7) is 7.16. The van der Waals surface area contributed by atoms with Crippen LogP contribution in [-0.2, 0) is 6.54 Å². The fourth-order valence-corrected chi connectivity index (χ4v) is 3.29. The average Bonchev–Trinajstić information content (AvgIpc) is 2.62. The Kier molecular flexibility index (Phi) is 7.17. The number of halogens is 1. The van der Waals surface area contributed by atoms with Gasteiger partial charge < -0.3 is 10.6 Å². The zero-order chi connectivity index (χ0) is 17.8. The largest absolute Gasteiger partial charge is 0.350 e. The molecule has 1 aliphatic heterocycles. The lowest BCUT2D eigenvalue weighted by atomic mass is 10.00. The third kappa shape index (κ3) is 4.62. The molecule has 1 atom stereocenters. The summed E-state index contributed by atoms with van der Waals surface area (Å²) in [5.74, 6) is 0.514. The summed E-state index contributed by atoms with van der Waals surface area (Å²) in [5, 5.41) is 11.9. The Morgan fingerprint density at radius 3 is 2.73 bits per heavy atom. The number of fused-ring (bicyclic) bond motifs is 1. The van der Waals surface area contributed by atoms with E-state index in [2.05, 4.69) is 15.7 Å². The third-order valence-corrected chi connectivity index (χ3v) is 4.57. The van der Waals surface area contributed by atoms with Gasteiger partial charge in [-0.3, -0.25) is 9.59 Å². The van der Waals surface area contributed by atoms with Crippen LogP contribution < -0.4 is 16.2 Å². The van der Waals surface area contributed by atoms with Gasteiger partial charge in [0.05, 0.1) is 5.39 Å². The van der Waals surface area contributed by atoms with Crippen molar-refractivity contribution in [3.63, 3.8) is 0 Å². The summed E-state index contributed by atoms with van der Waals surface area (Å²) in [6, 6.07) is 7.20. The van der Waals surface area contributed by atoms with Gasteiger partial charge in [0.2, 0.25) is 0 Å². The minimum absolute atomic E-state index is 0. The normalized spacial score (nSPS) is 17.1. The number of hydrogen-bond donors (Lipinski definition) is 2. The summed E-state index contributed by atoms with van der Waals surface area (Å²) in [6.07, 6.45) is 2.26. The second-order valence-electron chi connectivity index (χ2n) is 7.20. The van der Waals surface area contributed by atoms with Crippen LogP contribution in [0.15, 0.2) is 29.1 Å². The maximum Gasteiger partial charge on any atom is 0.274 e. The topological polar surface area (TPSA) is 76.0 Å². The molecule has 0 spiro atoms. The highest BCUT2D eigenvalue weighted by atomic mass is 35.5. The summed E-state index contributed by atoms with van der Waals surface area (Å²) >= 11 is 0. The first kappa shape index (κ1) is 20.4. The van der Waals surface area contributed by atoms with Gasteiger partial charge in [-0.15, -0.1) is 12.4 Å². The Labute approximate surface area is 159 Å². The van der Waals surface area contributed by atoms with Crippen molar-refractivity contribution in [2.45, 2.75) is 33.2 Å². The lowest BCUT2D eigenvalue weighted by Crippen LogP contribution is -2.39. The molecule has 2 heterocycles. The molecule has 2 aromatic rings. The Balaban J connectivity index is 0.00000243. The van der Waals surface area contributed by atoms with E-state index in [1.807, 2.05) is 26.0 Å². The average molecular weight is 379 g/mol. The SMILES string of the molecule is CC(C)Cn1nc(C(=O)NCC2CCCNC2)c2ccccc2c1=O.Cl. The molecule has 1 amide bonds. The van der Waals surface area contributed by atoms with Crippen LogP contribution in [0.3, 0.4) is 0 Å². The van der Waals surface area contributed by atoms with Gasteiger partial charge in [-0.25, -0.2) is 4.68 Å². The summed E-state index contributed by atoms with van der Waals surface area (Å²) in [5.41, 5.74) is 0.192. The first-order chi connectivity index (χ1) is 12.1. The molecule has 2 N–H and O–H groups in total. The maximum atomic E-state index is 12.7. The molecule has 7 heteroatoms. The summed E-state index contributed by atoms with van der Waals surface area (Å²) in [7, 11) is 0. The molecule has 1 aromatic carbocycles. The standard InChI is InChI=1S/C19H26N4O2.ClH/c1-13(2)12-23-19(25)16-8-4-3-7-15(16)17(22-23)18(24)21-11-14-6-5-9-20-10-14;/h3-4,7-8,13-14,20H,5-6,9-12H2,1-2H3,(H,21,24);1H. The second-order valence-corrected chi connectivity index (χ2v) is 7.20. The smallest absolute Gasteiger partial charge is 0.274 e. The van der Waals surface area contributed by atoms with Crippen molar-refractivity contribution in [2.75, 3.05) is 19.6 Å². The summed E-state index contributed by atoms with van der Waals surface area (Å²) < 4.78 is 1.42. The molecular weight excluding hydrogens is 352 g/mol. The number of carbonyl (C=O) groups is 1. The fraction of sp³-hybridized carbons (Fsp3) is 0.526. The number of hydrogen-bond acceptors (Lipinski definition) is 4. The van der Waals surface area contributed by atoms with Crippen LogP contribution in [0.4, 0.5) is 0 Å². The molecule has 3 rings (SSSR count). The molecule has 1 saturated heterocycles. The van der Waals surface area contributed by atoms with Crippen molar-refractivity contribution in [1.82, 2.24) is 20.4 Å². The Bertz CT molecular complexity index is 813. The first-order valence-corrected chi connectivity index (χ1v) is 9.05. The summed E-state index contributed by atoms with van der Waals surface area (Å²) in [4.78, 5) is 25.3. The molecule has 0 bridgehead atoms. The number of nitrogens with one attached hydrogen (secondary N) is 2. The van der Waals surface area contributed by atoms with Crippen LogP contribution in [-0.4, -0.2) is 35.3 Å². The highest BCUT2D eigenvalue weighted by Crippen LogP contribution is 2.14. The van der Waals surface area contributed by atoms with E-state index in [4.69, 9.17) is 0 Å². The first-order valence-electron chi connectivity index (χ1n) is 9.05. The highest BCUT2D eigenvalue weighted by molar-refractivity contribution is 6.04. The zero-order valence-electron chi connectivity index (χ0n) is 15.3. The van der Waals surface area contributed by atoms with Gasteiger partial charge in [-0.2, -0.15) is 5.10 Å². The molecular formula is C19H27ClN4O2. The molecule has 1 unspecified atom stereocenters. The predicted octanol–water partition coefficient (Wildman–Crippen LogP) is 2.20. The van der Waals surface area contributed by atoms with Gasteiger partial charge in [-0.1, -0.05) is 32.0 Å². The lowest BCUT2D eigenvalue weighted by molar-refractivity contribution is 0.0939. The van der Waals surface area contributed by atoms with Gasteiger partial charge >= 0.3 is 0 Å². The Morgan fingerprint density at radius 1 is 1.35 bits per heavy atom. The van der Waals surface area contributed by atoms with Crippen molar-refractivity contribution in [1.29, 1.82) is 0 Å². The molecule has 0 saturated carbocycles. The Hall–Kier alpha value is -1.92. The van der Waals surface area contributed by atoms with Crippen molar-refractivity contribution in [3.05, 3.63) is 40.3 Å². The quantitative estimate of drug-likeness (QED) is 0.836. The van der Waals surface area contributed by atoms with Crippen molar-refractivity contribution in [3.8, 4) is 0 Å². The van der Waals surface area contributed by atoms with E-state index >= 15 is 0 Å². The highest BCUT2D eigenvalue weighted by Gasteiger charge is 2.19. The number of piperidine rings is 1. The predicted molar refractivity (Wildman–Crippen MR) is 106 cm³/mol. The molecule has 0 radical (unpaired) electrons. The van der Waals surface area contributed by atoms with E-state index in [1.165, 1.54) is 4.68 Å². The van der Waals surface area contributed by atoms with E-state index in [0.717, 1.165) is 25.9 Å². The zero-order valence-corrected chi connectivity index (χ0v) is 16.1. The van der Waals surface area contributed by atoms with Crippen LogP contribution in [0.2, 0.25) is 0 Å². The van der Waals surface area contributed by atoms with Crippen molar-refractivity contribution < 1.29 is 4.79 Å². The van der Waals surface area contributed by atoms with Crippen LogP contribution in [0, 0.1) is 11.8 Å². The lowest BCUT2D eigenvalue weighted by Gasteiger charge is -2.23. The van der Waals surface area contributed by atoms with Crippen molar-refractivity contribution >= 4 is 29.1 Å². The third-order valence-electron chi connectivity index (χ3n) is 4.57. The molecule has 1 aliphatic rings. The number of aromatic nitrogens is 2. The van der Waals surface area contributed by atoms with E-state index in [-0.39, 0.29) is 29.8 Å². The van der Waals surface area contributed by atoms with Crippen LogP contribution >= 0.6 is 12.4 Å². The van der Waals surface area contributed by atoms with Crippen LogP contribution in [0.25, 0.3) is 10.8 Å².